The fourth-order valence-corrected chi connectivity index (χ4v) is 20.4. The molecule has 0 saturated heterocycles. The fraction of sp³-hybridized carbons (Fsp3) is 0.812. The van der Waals surface area contributed by atoms with Crippen LogP contribution in [0.3, 0.4) is 0 Å². The van der Waals surface area contributed by atoms with Crippen LogP contribution in [0.5, 0.6) is 0 Å². The van der Waals surface area contributed by atoms with E-state index in [2.05, 4.69) is 83.1 Å². The van der Waals surface area contributed by atoms with Gasteiger partial charge in [0.05, 0.1) is 0 Å². The third kappa shape index (κ3) is 28.1. The van der Waals surface area contributed by atoms with Gasteiger partial charge >= 0.3 is 490 Å². The third-order valence-corrected chi connectivity index (χ3v) is 28.6. The molecule has 0 unspecified atom stereocenters. The van der Waals surface area contributed by atoms with Gasteiger partial charge in [-0.3, -0.25) is 0 Å². The van der Waals surface area contributed by atoms with Crippen molar-refractivity contribution in [2.75, 3.05) is 0 Å². The van der Waals surface area contributed by atoms with Crippen molar-refractivity contribution in [3.8, 4) is 0 Å². The van der Waals surface area contributed by atoms with Crippen molar-refractivity contribution >= 4 is 75.1 Å². The van der Waals surface area contributed by atoms with Crippen LogP contribution in [-0.4, -0.2) is 75.1 Å². The SMILES string of the molecule is C[CH2][Sn]1([O]C(=O)/C(CCCCCC(C)C)=C(/CCCCCC(C)C)C(=O)[O][Sn]2([CH2]C)[O]C(=O)C(CCCCCC(C)C)=C(CCCCCC(C)C)C(=O)[O]2)[O]C(=O)C(CCCCCC(C)C)=C(CCCCCC(C)C)C(=O)[O]1. The molecule has 0 aromatic heterocycles. The van der Waals surface area contributed by atoms with Crippen molar-refractivity contribution < 1.29 is 47.2 Å². The van der Waals surface area contributed by atoms with Gasteiger partial charge in [-0.25, -0.2) is 0 Å². The Bertz CT molecular complexity index is 1720. The molecule has 0 aromatic carbocycles. The van der Waals surface area contributed by atoms with Gasteiger partial charge in [-0.1, -0.05) is 0 Å². The third-order valence-electron chi connectivity index (χ3n) is 15.2. The van der Waals surface area contributed by atoms with E-state index in [4.69, 9.17) is 18.4 Å². The first kappa shape index (κ1) is 71.7. The van der Waals surface area contributed by atoms with E-state index in [1.54, 1.807) is 13.8 Å². The maximum absolute atomic E-state index is 15.2. The summed E-state index contributed by atoms with van der Waals surface area (Å²) in [6, 6.07) is 0. The molecule has 0 radical (unpaired) electrons. The van der Waals surface area contributed by atoms with E-state index in [0.717, 1.165) is 116 Å². The van der Waals surface area contributed by atoms with Crippen molar-refractivity contribution in [3.05, 3.63) is 33.4 Å². The van der Waals surface area contributed by atoms with Gasteiger partial charge in [-0.15, -0.1) is 0 Å². The molecule has 0 aliphatic carbocycles. The predicted octanol–water partition coefficient (Wildman–Crippen LogP) is 17.7. The van der Waals surface area contributed by atoms with Crippen LogP contribution in [-0.2, 0) is 47.2 Å². The van der Waals surface area contributed by atoms with Gasteiger partial charge in [0.25, 0.3) is 0 Å². The standard InChI is InChI=1S/3C20H36O4.2C2H5.2Sn/c3*1-15(2)11-7-5-9-13-17(19(21)22)18(20(23)24)14-10-6-8-12-16(3)4;2*1-2;;/h3*15-16H,5-14H2,1-4H3,(H,21,22)(H,23,24);2*1H2,2H3;;/q;;;;;2*+3/p-6/b18-17-;;;;;;. The second kappa shape index (κ2) is 39.2. The van der Waals surface area contributed by atoms with Gasteiger partial charge in [0.1, 0.15) is 0 Å². The first-order chi connectivity index (χ1) is 37.0. The van der Waals surface area contributed by atoms with E-state index in [9.17, 15) is 19.2 Å². The Labute approximate surface area is 486 Å². The van der Waals surface area contributed by atoms with Crippen LogP contribution in [0, 0.1) is 35.5 Å². The maximum atomic E-state index is 15.2. The molecule has 2 aliphatic heterocycles. The minimum absolute atomic E-state index is 0.00626. The Hall–Kier alpha value is -2.36. The molecule has 2 aliphatic rings. The number of carbonyl (C=O) groups excluding carboxylic acids is 6. The summed E-state index contributed by atoms with van der Waals surface area (Å²) in [7, 11) is 0. The molecule has 0 fully saturated rings. The number of rotatable bonds is 42. The predicted molar refractivity (Wildman–Crippen MR) is 318 cm³/mol. The van der Waals surface area contributed by atoms with Gasteiger partial charge in [0, 0.05) is 0 Å². The Morgan fingerprint density at radius 2 is 0.538 bits per heavy atom. The molecule has 2 heterocycles. The van der Waals surface area contributed by atoms with Crippen LogP contribution >= 0.6 is 0 Å². The van der Waals surface area contributed by atoms with Crippen LogP contribution in [0.1, 0.15) is 290 Å². The van der Waals surface area contributed by atoms with Crippen molar-refractivity contribution in [3.63, 3.8) is 0 Å². The normalized spacial score (nSPS) is 16.3. The zero-order valence-corrected chi connectivity index (χ0v) is 57.7. The van der Waals surface area contributed by atoms with Crippen molar-refractivity contribution in [2.45, 2.75) is 298 Å². The van der Waals surface area contributed by atoms with Crippen LogP contribution in [0.4, 0.5) is 0 Å². The summed E-state index contributed by atoms with van der Waals surface area (Å²) in [6.07, 6.45) is 22.8. The van der Waals surface area contributed by atoms with Crippen LogP contribution in [0.15, 0.2) is 33.4 Å². The van der Waals surface area contributed by atoms with E-state index in [1.165, 1.54) is 0 Å². The quantitative estimate of drug-likeness (QED) is 0.0324. The number of hydrogen-bond donors (Lipinski definition) is 0. The Balaban J connectivity index is 2.73. The van der Waals surface area contributed by atoms with Crippen LogP contribution < -0.4 is 0 Å². The number of carbonyl (C=O) groups is 6. The second-order valence-corrected chi connectivity index (χ2v) is 40.6. The molecule has 0 spiro atoms. The molecule has 0 aromatic rings. The second-order valence-electron chi connectivity index (χ2n) is 25.2. The molecule has 14 heteroatoms. The van der Waals surface area contributed by atoms with Gasteiger partial charge in [-0.05, 0) is 0 Å². The van der Waals surface area contributed by atoms with Crippen LogP contribution in [0.2, 0.25) is 8.87 Å². The summed E-state index contributed by atoms with van der Waals surface area (Å²) in [5, 5.41) is 0. The molecule has 0 N–H and O–H groups in total. The molecule has 12 nitrogen and oxygen atoms in total. The molecule has 0 saturated carbocycles. The van der Waals surface area contributed by atoms with Gasteiger partial charge in [-0.2, -0.15) is 0 Å². The molecular weight excluding hydrogens is 1200 g/mol. The molecule has 0 atom stereocenters. The number of hydrogen-bond acceptors (Lipinski definition) is 12. The van der Waals surface area contributed by atoms with Gasteiger partial charge in [0.15, 0.2) is 0 Å². The topological polar surface area (TPSA) is 158 Å². The molecule has 78 heavy (non-hydrogen) atoms. The average molecular weight is 1310 g/mol. The summed E-state index contributed by atoms with van der Waals surface area (Å²) in [6.45, 7) is 29.6. The van der Waals surface area contributed by atoms with Gasteiger partial charge in [0.2, 0.25) is 0 Å². The summed E-state index contributed by atoms with van der Waals surface area (Å²) in [5.74, 6) is -1.21. The van der Waals surface area contributed by atoms with E-state index in [1.807, 2.05) is 0 Å². The van der Waals surface area contributed by atoms with Crippen molar-refractivity contribution in [1.29, 1.82) is 0 Å². The Morgan fingerprint density at radius 3 is 0.731 bits per heavy atom. The van der Waals surface area contributed by atoms with Crippen LogP contribution in [0.25, 0.3) is 0 Å². The zero-order valence-electron chi connectivity index (χ0n) is 52.0. The van der Waals surface area contributed by atoms with E-state index in [0.29, 0.717) is 122 Å². The van der Waals surface area contributed by atoms with Crippen molar-refractivity contribution in [1.82, 2.24) is 0 Å². The molecule has 448 valence electrons. The zero-order chi connectivity index (χ0) is 58.3. The summed E-state index contributed by atoms with van der Waals surface area (Å²) in [5.41, 5.74) is 1.36. The first-order valence-corrected chi connectivity index (χ1v) is 42.6. The summed E-state index contributed by atoms with van der Waals surface area (Å²) >= 11 is -11.0. The average Bonchev–Trinajstić information content (AvgIpc) is 3.51. The molecule has 2 rings (SSSR count). The van der Waals surface area contributed by atoms with E-state index < -0.39 is 75.1 Å². The summed E-state index contributed by atoms with van der Waals surface area (Å²) < 4.78 is 38.0. The van der Waals surface area contributed by atoms with Crippen molar-refractivity contribution in [2.24, 2.45) is 35.5 Å². The van der Waals surface area contributed by atoms with Gasteiger partial charge < -0.3 is 0 Å². The first-order valence-electron chi connectivity index (χ1n) is 31.5. The molecule has 0 bridgehead atoms. The Morgan fingerprint density at radius 1 is 0.333 bits per heavy atom. The number of unbranched alkanes of at least 4 members (excludes halogenated alkanes) is 12. The van der Waals surface area contributed by atoms with E-state index in [-0.39, 0.29) is 32.9 Å². The fourth-order valence-electron chi connectivity index (χ4n) is 10.2. The summed E-state index contributed by atoms with van der Waals surface area (Å²) in [4.78, 5) is 88.3. The molecule has 0 amide bonds. The minimum atomic E-state index is -5.48. The molecular formula is C64H112O12Sn2. The Kier molecular flexibility index (Phi) is 36.0. The van der Waals surface area contributed by atoms with E-state index >= 15 is 9.59 Å². The monoisotopic (exact) mass is 1310 g/mol.